The van der Waals surface area contributed by atoms with Gasteiger partial charge in [-0.25, -0.2) is 0 Å². The Labute approximate surface area is 504 Å². The van der Waals surface area contributed by atoms with Crippen LogP contribution in [0.25, 0.3) is 145 Å². The number of nitrogens with zero attached hydrogens (tertiary/aromatic N) is 2. The lowest BCUT2D eigenvalue weighted by Gasteiger charge is -2.30. The Morgan fingerprint density at radius 1 is 0.218 bits per heavy atom. The predicted octanol–water partition coefficient (Wildman–Crippen LogP) is 22.2. The molecule has 0 N–H and O–H groups in total. The molecular formula is C85H54N2. The number of para-hydroxylation sites is 4. The van der Waals surface area contributed by atoms with Crippen molar-refractivity contribution in [3.63, 3.8) is 0 Å². The molecule has 1 spiro atoms. The van der Waals surface area contributed by atoms with Gasteiger partial charge in [0.2, 0.25) is 0 Å². The molecule has 2 aliphatic rings. The fraction of sp³-hybridized carbons (Fsp3) is 0.0118. The van der Waals surface area contributed by atoms with E-state index < -0.39 is 5.41 Å². The first-order valence-electron chi connectivity index (χ1n) is 30.2. The highest BCUT2D eigenvalue weighted by molar-refractivity contribution is 6.14. The minimum Gasteiger partial charge on any atom is -0.309 e. The van der Waals surface area contributed by atoms with Gasteiger partial charge in [-0.05, 0) is 183 Å². The number of hydrogen-bond acceptors (Lipinski definition) is 0. The molecule has 0 bridgehead atoms. The fourth-order valence-electron chi connectivity index (χ4n) is 15.2. The van der Waals surface area contributed by atoms with Gasteiger partial charge >= 0.3 is 0 Å². The van der Waals surface area contributed by atoms with Crippen LogP contribution in [0.1, 0.15) is 44.5 Å². The van der Waals surface area contributed by atoms with Gasteiger partial charge in [-0.2, -0.15) is 0 Å². The van der Waals surface area contributed by atoms with E-state index in [0.717, 1.165) is 0 Å². The van der Waals surface area contributed by atoms with Gasteiger partial charge in [0.05, 0.1) is 27.5 Å². The summed E-state index contributed by atoms with van der Waals surface area (Å²) in [6, 6.07) is 112. The van der Waals surface area contributed by atoms with Crippen LogP contribution < -0.4 is 0 Å². The first-order valence-corrected chi connectivity index (χ1v) is 30.2. The molecule has 0 unspecified atom stereocenters. The molecule has 0 atom stereocenters. The van der Waals surface area contributed by atoms with Crippen LogP contribution >= 0.6 is 0 Å². The number of rotatable bonds is 8. The number of aromatic nitrogens is 2. The Balaban J connectivity index is 0.710. The maximum Gasteiger partial charge on any atom is 0.0725 e. The predicted molar refractivity (Wildman–Crippen MR) is 368 cm³/mol. The van der Waals surface area contributed by atoms with Crippen LogP contribution in [0.5, 0.6) is 0 Å². The van der Waals surface area contributed by atoms with E-state index in [4.69, 9.17) is 0 Å². The lowest BCUT2D eigenvalue weighted by atomic mass is 9.70. The highest BCUT2D eigenvalue weighted by Crippen LogP contribution is 2.63. The van der Waals surface area contributed by atoms with Crippen LogP contribution in [0.2, 0.25) is 0 Å². The van der Waals surface area contributed by atoms with E-state index in [1.54, 1.807) is 0 Å². The topological polar surface area (TPSA) is 9.86 Å². The second kappa shape index (κ2) is 19.4. The lowest BCUT2D eigenvalue weighted by Crippen LogP contribution is -2.26. The second-order valence-corrected chi connectivity index (χ2v) is 23.5. The van der Waals surface area contributed by atoms with Crippen molar-refractivity contribution in [1.29, 1.82) is 0 Å². The van der Waals surface area contributed by atoms with Crippen LogP contribution in [0.15, 0.2) is 303 Å². The van der Waals surface area contributed by atoms with E-state index in [2.05, 4.69) is 337 Å². The number of benzene rings is 14. The van der Waals surface area contributed by atoms with Gasteiger partial charge in [-0.3, -0.25) is 0 Å². The van der Waals surface area contributed by atoms with E-state index in [9.17, 15) is 0 Å². The van der Waals surface area contributed by atoms with Gasteiger partial charge in [-0.15, -0.1) is 0 Å². The molecule has 2 heterocycles. The Hall–Kier alpha value is -11.3. The summed E-state index contributed by atoms with van der Waals surface area (Å²) in [4.78, 5) is 0. The summed E-state index contributed by atoms with van der Waals surface area (Å²) in [5.74, 6) is 0. The Kier molecular flexibility index (Phi) is 10.9. The van der Waals surface area contributed by atoms with Crippen molar-refractivity contribution in [2.45, 2.75) is 5.41 Å². The first kappa shape index (κ1) is 49.1. The highest BCUT2D eigenvalue weighted by atomic mass is 15.0. The maximum absolute atomic E-state index is 2.48. The third kappa shape index (κ3) is 7.41. The third-order valence-electron chi connectivity index (χ3n) is 19.0. The Morgan fingerprint density at radius 3 is 1.03 bits per heavy atom. The molecule has 16 aromatic rings. The van der Waals surface area contributed by atoms with Crippen molar-refractivity contribution in [3.05, 3.63) is 348 Å². The standard InChI is InChI=1S/C85H54N2/c1-3-19-61(20-4-1)86-81-33-17-13-29-73(81)75-53-59(43-49-83(75)86)65-47-41-57(63-23-7-9-25-67(63)65)39-35-55-37-45-71-72-46-38-56(52-80(72)85(79(71)51-55)77-31-15-11-27-69(77)70-28-12-16-32-78(70)85)36-40-58-42-48-66(68-26-10-8-24-64(58)68)60-44-50-84-76(54-60)74-30-14-18-34-82(74)87(84)62-21-5-2-6-22-62/h1-54H/b39-35+,40-36+. The number of hydrogen-bond donors (Lipinski definition) is 0. The largest absolute Gasteiger partial charge is 0.309 e. The van der Waals surface area contributed by atoms with Crippen LogP contribution in [-0.2, 0) is 5.41 Å². The van der Waals surface area contributed by atoms with Crippen molar-refractivity contribution >= 4 is 89.5 Å². The normalized spacial score (nSPS) is 13.1. The minimum absolute atomic E-state index is 0.503. The van der Waals surface area contributed by atoms with Gasteiger partial charge in [-0.1, -0.05) is 255 Å². The SMILES string of the molecule is C(=C\c1ccc(-c2ccc3c(c2)c2ccccc2n3-c2ccccc2)c2ccccc12)/c1ccc2c(c1)C1(c3ccccc3-c3ccccc31)c1cc(/C=C/c3ccc(-c4ccc5c(c4)c4ccccc4n5-c4ccccc4)c4ccccc34)ccc1-2. The molecule has 0 amide bonds. The minimum atomic E-state index is -0.503. The second-order valence-electron chi connectivity index (χ2n) is 23.5. The summed E-state index contributed by atoms with van der Waals surface area (Å²) in [6.07, 6.45) is 9.28. The maximum atomic E-state index is 2.48. The zero-order chi connectivity index (χ0) is 57.2. The third-order valence-corrected chi connectivity index (χ3v) is 19.0. The van der Waals surface area contributed by atoms with E-state index in [0.29, 0.717) is 0 Å². The van der Waals surface area contributed by atoms with E-state index in [1.807, 2.05) is 0 Å². The zero-order valence-electron chi connectivity index (χ0n) is 47.6. The van der Waals surface area contributed by atoms with Crippen LogP contribution in [0.3, 0.4) is 0 Å². The summed E-state index contributed by atoms with van der Waals surface area (Å²) in [6.45, 7) is 0. The molecule has 0 aliphatic heterocycles. The van der Waals surface area contributed by atoms with Crippen LogP contribution in [-0.4, -0.2) is 9.13 Å². The molecule has 0 fully saturated rings. The van der Waals surface area contributed by atoms with Gasteiger partial charge in [0, 0.05) is 32.9 Å². The number of fused-ring (bicyclic) bond motifs is 18. The summed E-state index contributed by atoms with van der Waals surface area (Å²) in [7, 11) is 0. The molecule has 2 heteroatoms. The smallest absolute Gasteiger partial charge is 0.0725 e. The molecule has 0 saturated heterocycles. The summed E-state index contributed by atoms with van der Waals surface area (Å²) < 4.78 is 4.77. The van der Waals surface area contributed by atoms with Crippen LogP contribution in [0, 0.1) is 0 Å². The molecule has 2 aromatic heterocycles. The zero-order valence-corrected chi connectivity index (χ0v) is 47.6. The van der Waals surface area contributed by atoms with Crippen molar-refractivity contribution in [1.82, 2.24) is 9.13 Å². The molecule has 404 valence electrons. The quantitative estimate of drug-likeness (QED) is 0.134. The molecule has 14 aromatic carbocycles. The average molecular weight is 1100 g/mol. The average Bonchev–Trinajstić information content (AvgIpc) is 1.64. The van der Waals surface area contributed by atoms with Gasteiger partial charge in [0.25, 0.3) is 0 Å². The molecule has 0 saturated carbocycles. The lowest BCUT2D eigenvalue weighted by molar-refractivity contribution is 0.793. The van der Waals surface area contributed by atoms with Crippen molar-refractivity contribution in [2.75, 3.05) is 0 Å². The van der Waals surface area contributed by atoms with Crippen molar-refractivity contribution < 1.29 is 0 Å². The first-order chi connectivity index (χ1) is 43.2. The monoisotopic (exact) mass is 1100 g/mol. The summed E-state index contributed by atoms with van der Waals surface area (Å²) in [5, 5.41) is 9.95. The molecule has 2 aliphatic carbocycles. The molecular weight excluding hydrogens is 1050 g/mol. The highest BCUT2D eigenvalue weighted by Gasteiger charge is 2.51. The molecule has 18 rings (SSSR count). The van der Waals surface area contributed by atoms with E-state index in [1.165, 1.54) is 166 Å². The molecule has 87 heavy (non-hydrogen) atoms. The summed E-state index contributed by atoms with van der Waals surface area (Å²) >= 11 is 0. The van der Waals surface area contributed by atoms with Gasteiger partial charge < -0.3 is 9.13 Å². The van der Waals surface area contributed by atoms with Gasteiger partial charge in [0.15, 0.2) is 0 Å². The van der Waals surface area contributed by atoms with Gasteiger partial charge in [0.1, 0.15) is 0 Å². The Bertz CT molecular complexity index is 5230. The summed E-state index contributed by atoms with van der Waals surface area (Å²) in [5.41, 5.74) is 26.8. The van der Waals surface area contributed by atoms with E-state index in [-0.39, 0.29) is 0 Å². The molecule has 2 nitrogen and oxygen atoms in total. The Morgan fingerprint density at radius 2 is 0.575 bits per heavy atom. The van der Waals surface area contributed by atoms with Crippen molar-refractivity contribution in [2.24, 2.45) is 0 Å². The molecule has 0 radical (unpaired) electrons. The van der Waals surface area contributed by atoms with E-state index >= 15 is 0 Å². The van der Waals surface area contributed by atoms with Crippen molar-refractivity contribution in [3.8, 4) is 55.9 Å². The fourth-order valence-corrected chi connectivity index (χ4v) is 15.2. The van der Waals surface area contributed by atoms with Crippen LogP contribution in [0.4, 0.5) is 0 Å².